The summed E-state index contributed by atoms with van der Waals surface area (Å²) >= 11 is 0. The van der Waals surface area contributed by atoms with Crippen LogP contribution in [0.5, 0.6) is 11.5 Å². The van der Waals surface area contributed by atoms with Crippen LogP contribution in [0.25, 0.3) is 0 Å². The van der Waals surface area contributed by atoms with Crippen molar-refractivity contribution < 1.29 is 18.7 Å². The standard InChI is InChI=1S/C22H26FN3O3/c1-24(14-19-16-28-20-4-2-3-5-21(20)29-19)22(27)15-25-10-12-26(13-11-25)18-8-6-17(23)7-9-18/h2-9,19H,10-16H2,1H3/t19-/m1/s1. The number of anilines is 1. The molecule has 0 radical (unpaired) electrons. The highest BCUT2D eigenvalue weighted by Gasteiger charge is 2.25. The molecule has 2 aliphatic heterocycles. The molecule has 7 heteroatoms. The molecule has 0 aliphatic carbocycles. The first-order chi connectivity index (χ1) is 14.1. The van der Waals surface area contributed by atoms with Crippen molar-refractivity contribution in [2.45, 2.75) is 6.10 Å². The van der Waals surface area contributed by atoms with E-state index in [-0.39, 0.29) is 17.8 Å². The quantitative estimate of drug-likeness (QED) is 0.772. The first-order valence-electron chi connectivity index (χ1n) is 9.94. The molecule has 6 nitrogen and oxygen atoms in total. The topological polar surface area (TPSA) is 45.3 Å². The summed E-state index contributed by atoms with van der Waals surface area (Å²) < 4.78 is 24.8. The number of likely N-dealkylation sites (N-methyl/N-ethyl adjacent to an activating group) is 1. The van der Waals surface area contributed by atoms with Gasteiger partial charge in [0.05, 0.1) is 13.1 Å². The van der Waals surface area contributed by atoms with Gasteiger partial charge in [0, 0.05) is 38.9 Å². The van der Waals surface area contributed by atoms with Gasteiger partial charge in [0.25, 0.3) is 0 Å². The van der Waals surface area contributed by atoms with Crippen molar-refractivity contribution in [3.8, 4) is 11.5 Å². The Hall–Kier alpha value is -2.80. The third-order valence-electron chi connectivity index (χ3n) is 5.39. The van der Waals surface area contributed by atoms with Crippen LogP contribution >= 0.6 is 0 Å². The summed E-state index contributed by atoms with van der Waals surface area (Å²) in [5, 5.41) is 0. The van der Waals surface area contributed by atoms with Gasteiger partial charge in [0.2, 0.25) is 5.91 Å². The number of benzene rings is 2. The van der Waals surface area contributed by atoms with Crippen molar-refractivity contribution >= 4 is 11.6 Å². The Balaban J connectivity index is 1.23. The fourth-order valence-electron chi connectivity index (χ4n) is 3.69. The third kappa shape index (κ3) is 4.79. The lowest BCUT2D eigenvalue weighted by Crippen LogP contribution is -2.51. The zero-order valence-electron chi connectivity index (χ0n) is 16.6. The van der Waals surface area contributed by atoms with Gasteiger partial charge < -0.3 is 19.3 Å². The van der Waals surface area contributed by atoms with Gasteiger partial charge in [0.15, 0.2) is 17.6 Å². The fraction of sp³-hybridized carbons (Fsp3) is 0.409. The van der Waals surface area contributed by atoms with Gasteiger partial charge in [-0.1, -0.05) is 12.1 Å². The lowest BCUT2D eigenvalue weighted by atomic mass is 10.2. The third-order valence-corrected chi connectivity index (χ3v) is 5.39. The van der Waals surface area contributed by atoms with E-state index < -0.39 is 0 Å². The van der Waals surface area contributed by atoms with E-state index >= 15 is 0 Å². The van der Waals surface area contributed by atoms with Crippen LogP contribution in [0.1, 0.15) is 0 Å². The Kier molecular flexibility index (Phi) is 5.85. The van der Waals surface area contributed by atoms with Crippen LogP contribution in [0.4, 0.5) is 10.1 Å². The van der Waals surface area contributed by atoms with Gasteiger partial charge in [-0.05, 0) is 36.4 Å². The van der Waals surface area contributed by atoms with Gasteiger partial charge in [-0.15, -0.1) is 0 Å². The van der Waals surface area contributed by atoms with Gasteiger partial charge in [-0.25, -0.2) is 4.39 Å². The van der Waals surface area contributed by atoms with Gasteiger partial charge in [0.1, 0.15) is 12.4 Å². The molecule has 2 heterocycles. The number of amides is 1. The minimum Gasteiger partial charge on any atom is -0.486 e. The lowest BCUT2D eigenvalue weighted by Gasteiger charge is -2.36. The second kappa shape index (κ2) is 8.69. The normalized spacial score (nSPS) is 19.1. The number of rotatable bonds is 5. The van der Waals surface area contributed by atoms with Gasteiger partial charge in [-0.2, -0.15) is 0 Å². The van der Waals surface area contributed by atoms with Crippen LogP contribution in [0.3, 0.4) is 0 Å². The highest BCUT2D eigenvalue weighted by Crippen LogP contribution is 2.31. The fourth-order valence-corrected chi connectivity index (χ4v) is 3.69. The highest BCUT2D eigenvalue weighted by molar-refractivity contribution is 5.78. The summed E-state index contributed by atoms with van der Waals surface area (Å²) in [4.78, 5) is 18.7. The predicted molar refractivity (Wildman–Crippen MR) is 109 cm³/mol. The monoisotopic (exact) mass is 399 g/mol. The molecular weight excluding hydrogens is 373 g/mol. The van der Waals surface area contributed by atoms with Gasteiger partial charge in [-0.3, -0.25) is 9.69 Å². The molecule has 0 saturated carbocycles. The number of fused-ring (bicyclic) bond motifs is 1. The maximum absolute atomic E-state index is 13.1. The molecule has 1 fully saturated rings. The number of carbonyl (C=O) groups is 1. The first-order valence-corrected chi connectivity index (χ1v) is 9.94. The zero-order chi connectivity index (χ0) is 20.2. The van der Waals surface area contributed by atoms with Crippen LogP contribution in [0, 0.1) is 5.82 Å². The summed E-state index contributed by atoms with van der Waals surface area (Å²) in [5.41, 5.74) is 1.02. The number of ether oxygens (including phenoxy) is 2. The number of nitrogens with zero attached hydrogens (tertiary/aromatic N) is 3. The predicted octanol–water partition coefficient (Wildman–Crippen LogP) is 2.25. The van der Waals surface area contributed by atoms with E-state index in [4.69, 9.17) is 9.47 Å². The van der Waals surface area contributed by atoms with Crippen molar-refractivity contribution in [1.82, 2.24) is 9.80 Å². The van der Waals surface area contributed by atoms with Crippen LogP contribution in [-0.2, 0) is 4.79 Å². The lowest BCUT2D eigenvalue weighted by molar-refractivity contribution is -0.132. The van der Waals surface area contributed by atoms with E-state index in [1.807, 2.05) is 24.3 Å². The van der Waals surface area contributed by atoms with E-state index in [1.165, 1.54) is 12.1 Å². The number of piperazine rings is 1. The van der Waals surface area contributed by atoms with Crippen LogP contribution < -0.4 is 14.4 Å². The molecule has 0 unspecified atom stereocenters. The maximum Gasteiger partial charge on any atom is 0.236 e. The smallest absolute Gasteiger partial charge is 0.236 e. The average molecular weight is 399 g/mol. The number of hydrogen-bond donors (Lipinski definition) is 0. The first kappa shape index (κ1) is 19.5. The van der Waals surface area contributed by atoms with E-state index in [9.17, 15) is 9.18 Å². The maximum atomic E-state index is 13.1. The number of carbonyl (C=O) groups excluding carboxylic acids is 1. The Morgan fingerprint density at radius 3 is 2.48 bits per heavy atom. The van der Waals surface area contributed by atoms with E-state index in [1.54, 1.807) is 24.1 Å². The molecule has 1 amide bonds. The second-order valence-corrected chi connectivity index (χ2v) is 7.51. The Morgan fingerprint density at radius 2 is 1.76 bits per heavy atom. The van der Waals surface area contributed by atoms with E-state index in [2.05, 4.69) is 9.80 Å². The molecular formula is C22H26FN3O3. The minimum absolute atomic E-state index is 0.0719. The van der Waals surface area contributed by atoms with Crippen LogP contribution in [0.2, 0.25) is 0 Å². The van der Waals surface area contributed by atoms with Crippen molar-refractivity contribution in [1.29, 1.82) is 0 Å². The largest absolute Gasteiger partial charge is 0.486 e. The van der Waals surface area contributed by atoms with Crippen molar-refractivity contribution in [3.63, 3.8) is 0 Å². The van der Waals surface area contributed by atoms with E-state index in [0.717, 1.165) is 43.4 Å². The van der Waals surface area contributed by atoms with Crippen molar-refractivity contribution in [3.05, 3.63) is 54.3 Å². The molecule has 1 atom stereocenters. The molecule has 29 heavy (non-hydrogen) atoms. The zero-order valence-corrected chi connectivity index (χ0v) is 16.6. The van der Waals surface area contributed by atoms with Crippen molar-refractivity contribution in [2.24, 2.45) is 0 Å². The van der Waals surface area contributed by atoms with Gasteiger partial charge >= 0.3 is 0 Å². The number of hydrogen-bond acceptors (Lipinski definition) is 5. The SMILES string of the molecule is CN(C[C@@H]1COc2ccccc2O1)C(=O)CN1CCN(c2ccc(F)cc2)CC1. The molecule has 0 aromatic heterocycles. The summed E-state index contributed by atoms with van der Waals surface area (Å²) in [5.74, 6) is 1.32. The average Bonchev–Trinajstić information content (AvgIpc) is 2.75. The molecule has 2 aliphatic rings. The molecule has 0 bridgehead atoms. The molecule has 0 spiro atoms. The van der Waals surface area contributed by atoms with E-state index in [0.29, 0.717) is 19.7 Å². The van der Waals surface area contributed by atoms with Crippen LogP contribution in [0.15, 0.2) is 48.5 Å². The molecule has 2 aromatic carbocycles. The number of halogens is 1. The second-order valence-electron chi connectivity index (χ2n) is 7.51. The summed E-state index contributed by atoms with van der Waals surface area (Å²) in [6.45, 7) is 4.55. The van der Waals surface area contributed by atoms with Crippen molar-refractivity contribution in [2.75, 3.05) is 57.8 Å². The Bertz CT molecular complexity index is 837. The minimum atomic E-state index is -0.225. The summed E-state index contributed by atoms with van der Waals surface area (Å²) in [6, 6.07) is 14.1. The molecule has 0 N–H and O–H groups in total. The molecule has 4 rings (SSSR count). The number of para-hydroxylation sites is 2. The summed E-state index contributed by atoms with van der Waals surface area (Å²) in [6.07, 6.45) is -0.172. The molecule has 154 valence electrons. The molecule has 2 aromatic rings. The Morgan fingerprint density at radius 1 is 1.07 bits per heavy atom. The molecule has 1 saturated heterocycles. The summed E-state index contributed by atoms with van der Waals surface area (Å²) in [7, 11) is 1.81. The highest BCUT2D eigenvalue weighted by atomic mass is 19.1. The Labute approximate surface area is 170 Å². The van der Waals surface area contributed by atoms with Crippen LogP contribution in [-0.4, -0.2) is 74.7 Å².